The van der Waals surface area contributed by atoms with E-state index < -0.39 is 12.1 Å². The lowest BCUT2D eigenvalue weighted by Gasteiger charge is -2.21. The number of Topliss-reactive ketones (excluding diaryl/α,β-unsaturated/α-hetero) is 1. The van der Waals surface area contributed by atoms with E-state index in [4.69, 9.17) is 0 Å². The molecule has 0 aliphatic carbocycles. The fourth-order valence-corrected chi connectivity index (χ4v) is 1.43. The summed E-state index contributed by atoms with van der Waals surface area (Å²) >= 11 is 0. The van der Waals surface area contributed by atoms with E-state index in [0.29, 0.717) is 6.42 Å². The third-order valence-electron chi connectivity index (χ3n) is 2.60. The molecule has 94 valence electrons. The molecule has 0 radical (unpaired) electrons. The molecule has 0 aliphatic heterocycles. The van der Waals surface area contributed by atoms with Gasteiger partial charge in [0.2, 0.25) is 0 Å². The van der Waals surface area contributed by atoms with Gasteiger partial charge in [0.05, 0.1) is 13.2 Å². The van der Waals surface area contributed by atoms with E-state index in [2.05, 4.69) is 28.8 Å². The number of hydrogen-bond acceptors (Lipinski definition) is 4. The second-order valence-corrected chi connectivity index (χ2v) is 3.61. The Morgan fingerprint density at radius 1 is 1.31 bits per heavy atom. The Hall–Kier alpha value is -1.10. The molecule has 1 amide bonds. The topological polar surface area (TPSA) is 58.6 Å². The molecular formula is C11H22N2O3. The fraction of sp³-hybridized carbons (Fsp3) is 0.818. The van der Waals surface area contributed by atoms with Gasteiger partial charge in [-0.25, -0.2) is 4.79 Å². The van der Waals surface area contributed by atoms with Gasteiger partial charge >= 0.3 is 6.09 Å². The average Bonchev–Trinajstić information content (AvgIpc) is 2.28. The predicted octanol–water partition coefficient (Wildman–Crippen LogP) is 1.03. The summed E-state index contributed by atoms with van der Waals surface area (Å²) in [5.74, 6) is -0.0439. The lowest BCUT2D eigenvalue weighted by Crippen LogP contribution is -2.42. The molecule has 5 nitrogen and oxygen atoms in total. The van der Waals surface area contributed by atoms with Crippen LogP contribution < -0.4 is 5.32 Å². The van der Waals surface area contributed by atoms with Crippen LogP contribution in [0.2, 0.25) is 0 Å². The van der Waals surface area contributed by atoms with Crippen LogP contribution in [-0.4, -0.2) is 49.6 Å². The molecular weight excluding hydrogens is 208 g/mol. The van der Waals surface area contributed by atoms with Crippen molar-refractivity contribution in [1.82, 2.24) is 10.2 Å². The highest BCUT2D eigenvalue weighted by molar-refractivity contribution is 5.85. The maximum Gasteiger partial charge on any atom is 0.407 e. The highest BCUT2D eigenvalue weighted by Crippen LogP contribution is 1.98. The van der Waals surface area contributed by atoms with Crippen LogP contribution in [0.1, 0.15) is 27.2 Å². The van der Waals surface area contributed by atoms with Crippen LogP contribution in [0.15, 0.2) is 0 Å². The van der Waals surface area contributed by atoms with E-state index in [9.17, 15) is 9.59 Å². The predicted molar refractivity (Wildman–Crippen MR) is 62.4 cm³/mol. The van der Waals surface area contributed by atoms with Gasteiger partial charge in [-0.15, -0.1) is 0 Å². The van der Waals surface area contributed by atoms with Gasteiger partial charge in [-0.1, -0.05) is 13.8 Å². The van der Waals surface area contributed by atoms with Crippen LogP contribution >= 0.6 is 0 Å². The van der Waals surface area contributed by atoms with E-state index >= 15 is 0 Å². The smallest absolute Gasteiger partial charge is 0.407 e. The van der Waals surface area contributed by atoms with Crippen molar-refractivity contribution in [3.8, 4) is 0 Å². The maximum atomic E-state index is 11.3. The molecule has 0 aliphatic rings. The normalized spacial score (nSPS) is 12.3. The van der Waals surface area contributed by atoms with Crippen molar-refractivity contribution in [3.05, 3.63) is 0 Å². The van der Waals surface area contributed by atoms with Crippen LogP contribution in [0, 0.1) is 0 Å². The zero-order valence-electron chi connectivity index (χ0n) is 10.6. The summed E-state index contributed by atoms with van der Waals surface area (Å²) < 4.78 is 4.47. The Balaban J connectivity index is 4.13. The lowest BCUT2D eigenvalue weighted by atomic mass is 10.1. The standard InChI is InChI=1S/C11H22N2O3/c1-5-13(6-2)8-7-10(9(3)14)12-11(15)16-4/h10H,5-8H2,1-4H3,(H,12,15)/t10-/m1/s1. The van der Waals surface area contributed by atoms with Crippen molar-refractivity contribution in [2.75, 3.05) is 26.7 Å². The van der Waals surface area contributed by atoms with Crippen molar-refractivity contribution in [3.63, 3.8) is 0 Å². The fourth-order valence-electron chi connectivity index (χ4n) is 1.43. The van der Waals surface area contributed by atoms with Gasteiger partial charge in [0.15, 0.2) is 5.78 Å². The molecule has 1 N–H and O–H groups in total. The van der Waals surface area contributed by atoms with Crippen molar-refractivity contribution in [2.24, 2.45) is 0 Å². The third kappa shape index (κ3) is 5.70. The monoisotopic (exact) mass is 230 g/mol. The van der Waals surface area contributed by atoms with Crippen LogP contribution in [0.3, 0.4) is 0 Å². The summed E-state index contributed by atoms with van der Waals surface area (Å²) in [6.45, 7) is 8.29. The minimum Gasteiger partial charge on any atom is -0.453 e. The molecule has 0 saturated heterocycles. The number of carbonyl (C=O) groups is 2. The van der Waals surface area contributed by atoms with Crippen molar-refractivity contribution < 1.29 is 14.3 Å². The Morgan fingerprint density at radius 3 is 2.25 bits per heavy atom. The highest BCUT2D eigenvalue weighted by Gasteiger charge is 2.17. The summed E-state index contributed by atoms with van der Waals surface area (Å²) in [6, 6.07) is -0.451. The Bertz CT molecular complexity index is 227. The van der Waals surface area contributed by atoms with Gasteiger partial charge in [0.1, 0.15) is 0 Å². The highest BCUT2D eigenvalue weighted by atomic mass is 16.5. The van der Waals surface area contributed by atoms with Crippen LogP contribution in [-0.2, 0) is 9.53 Å². The van der Waals surface area contributed by atoms with Gasteiger partial charge in [-0.2, -0.15) is 0 Å². The zero-order chi connectivity index (χ0) is 12.6. The summed E-state index contributed by atoms with van der Waals surface area (Å²) in [5.41, 5.74) is 0. The number of nitrogens with one attached hydrogen (secondary N) is 1. The minimum atomic E-state index is -0.556. The molecule has 0 fully saturated rings. The minimum absolute atomic E-state index is 0.0439. The van der Waals surface area contributed by atoms with Crippen molar-refractivity contribution in [1.29, 1.82) is 0 Å². The second-order valence-electron chi connectivity index (χ2n) is 3.61. The molecule has 0 rings (SSSR count). The third-order valence-corrected chi connectivity index (χ3v) is 2.60. The molecule has 16 heavy (non-hydrogen) atoms. The van der Waals surface area contributed by atoms with Gasteiger partial charge in [-0.05, 0) is 26.4 Å². The first-order valence-corrected chi connectivity index (χ1v) is 5.62. The molecule has 0 aromatic rings. The van der Waals surface area contributed by atoms with E-state index in [1.165, 1.54) is 14.0 Å². The molecule has 0 saturated carbocycles. The zero-order valence-corrected chi connectivity index (χ0v) is 10.6. The van der Waals surface area contributed by atoms with E-state index in [0.717, 1.165) is 19.6 Å². The SMILES string of the molecule is CCN(CC)CC[C@@H](NC(=O)OC)C(C)=O. The number of carbonyl (C=O) groups excluding carboxylic acids is 2. The quantitative estimate of drug-likeness (QED) is 0.709. The average molecular weight is 230 g/mol. The summed E-state index contributed by atoms with van der Waals surface area (Å²) in [4.78, 5) is 24.5. The number of ether oxygens (including phenoxy) is 1. The number of hydrogen-bond donors (Lipinski definition) is 1. The number of nitrogens with zero attached hydrogens (tertiary/aromatic N) is 1. The summed E-state index contributed by atoms with van der Waals surface area (Å²) in [6.07, 6.45) is 0.0614. The molecule has 5 heteroatoms. The van der Waals surface area contributed by atoms with Gasteiger partial charge in [0.25, 0.3) is 0 Å². The number of methoxy groups -OCH3 is 1. The van der Waals surface area contributed by atoms with E-state index in [1.807, 2.05) is 0 Å². The maximum absolute atomic E-state index is 11.3. The first kappa shape index (κ1) is 14.9. The molecule has 0 spiro atoms. The molecule has 0 bridgehead atoms. The van der Waals surface area contributed by atoms with Crippen LogP contribution in [0.4, 0.5) is 4.79 Å². The van der Waals surface area contributed by atoms with Gasteiger partial charge in [0, 0.05) is 6.54 Å². The summed E-state index contributed by atoms with van der Waals surface area (Å²) in [7, 11) is 1.29. The number of alkyl carbamates (subject to hydrolysis) is 1. The Morgan fingerprint density at radius 2 is 1.88 bits per heavy atom. The molecule has 0 aromatic carbocycles. The van der Waals surface area contributed by atoms with E-state index in [-0.39, 0.29) is 5.78 Å². The number of amides is 1. The van der Waals surface area contributed by atoms with Crippen molar-refractivity contribution >= 4 is 11.9 Å². The first-order valence-electron chi connectivity index (χ1n) is 5.62. The van der Waals surface area contributed by atoms with Crippen LogP contribution in [0.5, 0.6) is 0 Å². The Labute approximate surface area is 97.1 Å². The van der Waals surface area contributed by atoms with E-state index in [1.54, 1.807) is 0 Å². The molecule has 0 unspecified atom stereocenters. The van der Waals surface area contributed by atoms with Crippen LogP contribution in [0.25, 0.3) is 0 Å². The molecule has 0 heterocycles. The number of rotatable bonds is 7. The Kier molecular flexibility index (Phi) is 7.54. The molecule has 1 atom stereocenters. The van der Waals surface area contributed by atoms with Crippen molar-refractivity contribution in [2.45, 2.75) is 33.2 Å². The second kappa shape index (κ2) is 8.10. The largest absolute Gasteiger partial charge is 0.453 e. The molecule has 0 aromatic heterocycles. The summed E-state index contributed by atoms with van der Waals surface area (Å²) in [5, 5.41) is 2.53. The first-order chi connectivity index (χ1) is 7.54. The lowest BCUT2D eigenvalue weighted by molar-refractivity contribution is -0.119. The number of ketones is 1. The van der Waals surface area contributed by atoms with Gasteiger partial charge < -0.3 is 15.0 Å². The van der Waals surface area contributed by atoms with Gasteiger partial charge in [-0.3, -0.25) is 4.79 Å².